The van der Waals surface area contributed by atoms with E-state index in [9.17, 15) is 8.78 Å². The van der Waals surface area contributed by atoms with Crippen molar-refractivity contribution < 1.29 is 13.5 Å². The summed E-state index contributed by atoms with van der Waals surface area (Å²) in [5.41, 5.74) is -0.516. The summed E-state index contributed by atoms with van der Waals surface area (Å²) in [6.45, 7) is 5.85. The van der Waals surface area contributed by atoms with Gasteiger partial charge in [-0.05, 0) is 20.3 Å². The van der Waals surface area contributed by atoms with E-state index in [2.05, 4.69) is 0 Å². The Balaban J connectivity index is 2.24. The van der Waals surface area contributed by atoms with Crippen LogP contribution in [0.4, 0.5) is 8.78 Å². The zero-order valence-electron chi connectivity index (χ0n) is 8.89. The zero-order valence-corrected chi connectivity index (χ0v) is 8.89. The van der Waals surface area contributed by atoms with Crippen LogP contribution < -0.4 is 0 Å². The lowest BCUT2D eigenvalue weighted by Crippen LogP contribution is -2.42. The molecule has 0 aromatic heterocycles. The Kier molecular flexibility index (Phi) is 2.13. The summed E-state index contributed by atoms with van der Waals surface area (Å²) in [6, 6.07) is -0.0926. The Morgan fingerprint density at radius 3 is 2.64 bits per heavy atom. The fourth-order valence-electron chi connectivity index (χ4n) is 2.70. The molecule has 0 aromatic rings. The molecular weight excluding hydrogens is 188 g/mol. The third kappa shape index (κ3) is 1.27. The largest absolute Gasteiger partial charge is 0.359 e. The molecule has 0 saturated carbocycles. The van der Waals surface area contributed by atoms with Gasteiger partial charge in [0.25, 0.3) is 5.92 Å². The first-order chi connectivity index (χ1) is 6.38. The molecule has 0 spiro atoms. The second kappa shape index (κ2) is 2.89. The highest BCUT2D eigenvalue weighted by molar-refractivity contribution is 5.03. The Morgan fingerprint density at radius 1 is 1.43 bits per heavy atom. The maximum Gasteiger partial charge on any atom is 0.265 e. The number of halogens is 2. The first-order valence-corrected chi connectivity index (χ1v) is 5.17. The minimum Gasteiger partial charge on any atom is -0.359 e. The maximum absolute atomic E-state index is 13.6. The standard InChI is InChI=1S/C10H17F2NO/c1-4-7-8-5-14-9(2,3)13(8)6-10(7,11)12/h7-8H,4-6H2,1-3H3/t7-,8+/m0/s1. The summed E-state index contributed by atoms with van der Waals surface area (Å²) >= 11 is 0. The van der Waals surface area contributed by atoms with Crippen LogP contribution in [0, 0.1) is 5.92 Å². The molecule has 0 N–H and O–H groups in total. The predicted octanol–water partition coefficient (Wildman–Crippen LogP) is 2.10. The van der Waals surface area contributed by atoms with Crippen molar-refractivity contribution in [3.63, 3.8) is 0 Å². The molecule has 0 radical (unpaired) electrons. The molecule has 82 valence electrons. The van der Waals surface area contributed by atoms with Crippen LogP contribution >= 0.6 is 0 Å². The van der Waals surface area contributed by atoms with Gasteiger partial charge in [-0.15, -0.1) is 0 Å². The molecular formula is C10H17F2NO. The monoisotopic (exact) mass is 205 g/mol. The molecule has 0 unspecified atom stereocenters. The number of alkyl halides is 2. The summed E-state index contributed by atoms with van der Waals surface area (Å²) in [7, 11) is 0. The van der Waals surface area contributed by atoms with Gasteiger partial charge in [-0.1, -0.05) is 6.92 Å². The Bertz CT molecular complexity index is 242. The smallest absolute Gasteiger partial charge is 0.265 e. The molecule has 0 aromatic carbocycles. The molecule has 2 saturated heterocycles. The molecule has 2 aliphatic rings. The van der Waals surface area contributed by atoms with Crippen LogP contribution in [0.2, 0.25) is 0 Å². The van der Waals surface area contributed by atoms with E-state index >= 15 is 0 Å². The first kappa shape index (κ1) is 10.3. The van der Waals surface area contributed by atoms with E-state index in [1.54, 1.807) is 4.90 Å². The van der Waals surface area contributed by atoms with Crippen molar-refractivity contribution in [2.75, 3.05) is 13.2 Å². The fraction of sp³-hybridized carbons (Fsp3) is 1.00. The molecule has 0 aliphatic carbocycles. The van der Waals surface area contributed by atoms with Crippen LogP contribution in [-0.2, 0) is 4.74 Å². The zero-order chi connectivity index (χ0) is 10.6. The summed E-state index contributed by atoms with van der Waals surface area (Å²) in [5, 5.41) is 0. The Labute approximate surface area is 83.2 Å². The number of hydrogen-bond donors (Lipinski definition) is 0. The SMILES string of the molecule is CC[C@H]1[C@H]2COC(C)(C)N2CC1(F)F. The molecule has 0 amide bonds. The number of ether oxygens (including phenoxy) is 1. The molecule has 2 nitrogen and oxygen atoms in total. The van der Waals surface area contributed by atoms with Crippen molar-refractivity contribution in [1.82, 2.24) is 4.90 Å². The van der Waals surface area contributed by atoms with E-state index in [0.717, 1.165) is 0 Å². The highest BCUT2D eigenvalue weighted by Crippen LogP contribution is 2.46. The van der Waals surface area contributed by atoms with Crippen LogP contribution in [0.5, 0.6) is 0 Å². The molecule has 2 aliphatic heterocycles. The summed E-state index contributed by atoms with van der Waals surface area (Å²) < 4.78 is 32.7. The summed E-state index contributed by atoms with van der Waals surface area (Å²) in [4.78, 5) is 1.81. The molecule has 4 heteroatoms. The van der Waals surface area contributed by atoms with E-state index in [4.69, 9.17) is 4.74 Å². The number of rotatable bonds is 1. The molecule has 2 heterocycles. The van der Waals surface area contributed by atoms with E-state index in [1.165, 1.54) is 0 Å². The fourth-order valence-corrected chi connectivity index (χ4v) is 2.70. The summed E-state index contributed by atoms with van der Waals surface area (Å²) in [6.07, 6.45) is 0.521. The number of nitrogens with zero attached hydrogens (tertiary/aromatic N) is 1. The molecule has 2 rings (SSSR count). The minimum atomic E-state index is -2.54. The van der Waals surface area contributed by atoms with E-state index in [-0.39, 0.29) is 12.6 Å². The average Bonchev–Trinajstić information content (AvgIpc) is 2.46. The predicted molar refractivity (Wildman–Crippen MR) is 49.3 cm³/mol. The van der Waals surface area contributed by atoms with Crippen molar-refractivity contribution in [2.45, 2.75) is 44.9 Å². The van der Waals surface area contributed by atoms with Crippen molar-refractivity contribution in [1.29, 1.82) is 0 Å². The van der Waals surface area contributed by atoms with Crippen molar-refractivity contribution in [2.24, 2.45) is 5.92 Å². The highest BCUT2D eigenvalue weighted by atomic mass is 19.3. The van der Waals surface area contributed by atoms with Gasteiger partial charge in [-0.3, -0.25) is 4.90 Å². The van der Waals surface area contributed by atoms with Crippen molar-refractivity contribution in [3.8, 4) is 0 Å². The van der Waals surface area contributed by atoms with E-state index in [1.807, 2.05) is 20.8 Å². The quantitative estimate of drug-likeness (QED) is 0.650. The third-order valence-corrected chi connectivity index (χ3v) is 3.53. The topological polar surface area (TPSA) is 12.5 Å². The van der Waals surface area contributed by atoms with Gasteiger partial charge in [-0.25, -0.2) is 8.78 Å². The maximum atomic E-state index is 13.6. The lowest BCUT2D eigenvalue weighted by Gasteiger charge is -2.28. The minimum absolute atomic E-state index is 0.0926. The van der Waals surface area contributed by atoms with E-state index in [0.29, 0.717) is 13.0 Å². The van der Waals surface area contributed by atoms with Crippen LogP contribution in [0.25, 0.3) is 0 Å². The van der Waals surface area contributed by atoms with Gasteiger partial charge in [-0.2, -0.15) is 0 Å². The van der Waals surface area contributed by atoms with Crippen LogP contribution in [0.1, 0.15) is 27.2 Å². The third-order valence-electron chi connectivity index (χ3n) is 3.53. The van der Waals surface area contributed by atoms with Gasteiger partial charge in [0.2, 0.25) is 0 Å². The van der Waals surface area contributed by atoms with Gasteiger partial charge in [0.15, 0.2) is 0 Å². The van der Waals surface area contributed by atoms with Gasteiger partial charge in [0.05, 0.1) is 13.2 Å². The highest BCUT2D eigenvalue weighted by Gasteiger charge is 2.59. The van der Waals surface area contributed by atoms with Gasteiger partial charge in [0, 0.05) is 12.0 Å². The Morgan fingerprint density at radius 2 is 2.07 bits per heavy atom. The van der Waals surface area contributed by atoms with Crippen LogP contribution in [0.15, 0.2) is 0 Å². The molecule has 0 bridgehead atoms. The lowest BCUT2D eigenvalue weighted by atomic mass is 9.95. The van der Waals surface area contributed by atoms with Gasteiger partial charge >= 0.3 is 0 Å². The molecule has 2 fully saturated rings. The van der Waals surface area contributed by atoms with Crippen LogP contribution in [-0.4, -0.2) is 35.7 Å². The Hall–Kier alpha value is -0.220. The van der Waals surface area contributed by atoms with Gasteiger partial charge in [0.1, 0.15) is 5.72 Å². The molecule has 14 heavy (non-hydrogen) atoms. The lowest BCUT2D eigenvalue weighted by molar-refractivity contribution is -0.0904. The normalized spacial score (nSPS) is 40.1. The van der Waals surface area contributed by atoms with E-state index < -0.39 is 17.6 Å². The van der Waals surface area contributed by atoms with Crippen molar-refractivity contribution in [3.05, 3.63) is 0 Å². The first-order valence-electron chi connectivity index (χ1n) is 5.17. The van der Waals surface area contributed by atoms with Gasteiger partial charge < -0.3 is 4.74 Å². The molecule has 2 atom stereocenters. The number of hydrogen-bond acceptors (Lipinski definition) is 2. The summed E-state index contributed by atoms with van der Waals surface area (Å²) in [5.74, 6) is -3.08. The number of fused-ring (bicyclic) bond motifs is 1. The second-order valence-electron chi connectivity index (χ2n) is 4.73. The average molecular weight is 205 g/mol. The van der Waals surface area contributed by atoms with Crippen molar-refractivity contribution >= 4 is 0 Å². The van der Waals surface area contributed by atoms with Crippen LogP contribution in [0.3, 0.4) is 0 Å². The second-order valence-corrected chi connectivity index (χ2v) is 4.73.